The Morgan fingerprint density at radius 2 is 1.61 bits per heavy atom. The fraction of sp³-hybridized carbons (Fsp3) is 0.214. The molecular formula is C28H29ClN4O3S2. The van der Waals surface area contributed by atoms with Crippen molar-refractivity contribution in [2.75, 3.05) is 18.9 Å². The molecule has 198 valence electrons. The molecule has 1 aliphatic heterocycles. The van der Waals surface area contributed by atoms with Crippen LogP contribution < -0.4 is 5.32 Å². The fourth-order valence-electron chi connectivity index (χ4n) is 4.33. The van der Waals surface area contributed by atoms with Gasteiger partial charge >= 0.3 is 0 Å². The molecule has 0 saturated heterocycles. The maximum atomic E-state index is 13.0. The second kappa shape index (κ2) is 12.2. The molecule has 0 unspecified atom stereocenters. The summed E-state index contributed by atoms with van der Waals surface area (Å²) in [7, 11) is -2.13. The van der Waals surface area contributed by atoms with Gasteiger partial charge in [-0.05, 0) is 35.4 Å². The van der Waals surface area contributed by atoms with Gasteiger partial charge < -0.3 is 0 Å². The molecule has 1 aromatic heterocycles. The number of sulfonamides is 1. The van der Waals surface area contributed by atoms with Gasteiger partial charge in [0.15, 0.2) is 5.13 Å². The van der Waals surface area contributed by atoms with Crippen LogP contribution in [0.5, 0.6) is 0 Å². The highest BCUT2D eigenvalue weighted by Crippen LogP contribution is 2.29. The third-order valence-electron chi connectivity index (χ3n) is 6.35. The number of rotatable bonds is 8. The van der Waals surface area contributed by atoms with Crippen LogP contribution in [-0.2, 0) is 36.1 Å². The van der Waals surface area contributed by atoms with Crippen molar-refractivity contribution < 1.29 is 13.2 Å². The van der Waals surface area contributed by atoms with Crippen LogP contribution in [0.2, 0.25) is 0 Å². The van der Waals surface area contributed by atoms with Crippen LogP contribution in [0.1, 0.15) is 32.1 Å². The van der Waals surface area contributed by atoms with Crippen LogP contribution in [0.15, 0.2) is 89.8 Å². The van der Waals surface area contributed by atoms with Crippen LogP contribution in [0.25, 0.3) is 0 Å². The van der Waals surface area contributed by atoms with Crippen molar-refractivity contribution in [2.45, 2.75) is 31.0 Å². The highest BCUT2D eigenvalue weighted by Gasteiger charge is 2.23. The van der Waals surface area contributed by atoms with Crippen molar-refractivity contribution in [3.63, 3.8) is 0 Å². The molecule has 0 saturated carbocycles. The zero-order valence-electron chi connectivity index (χ0n) is 20.9. The summed E-state index contributed by atoms with van der Waals surface area (Å²) in [5.41, 5.74) is 3.59. The van der Waals surface area contributed by atoms with Gasteiger partial charge in [-0.3, -0.25) is 15.0 Å². The van der Waals surface area contributed by atoms with Crippen molar-refractivity contribution in [1.29, 1.82) is 0 Å². The van der Waals surface area contributed by atoms with Gasteiger partial charge in [0.2, 0.25) is 10.0 Å². The van der Waals surface area contributed by atoms with Crippen molar-refractivity contribution in [3.8, 4) is 0 Å². The molecule has 0 spiro atoms. The normalized spacial score (nSPS) is 13.5. The summed E-state index contributed by atoms with van der Waals surface area (Å²) in [6.07, 6.45) is 0.845. The first kappa shape index (κ1) is 27.9. The predicted molar refractivity (Wildman–Crippen MR) is 153 cm³/mol. The Morgan fingerprint density at radius 3 is 2.26 bits per heavy atom. The summed E-state index contributed by atoms with van der Waals surface area (Å²) in [5, 5.41) is 3.45. The summed E-state index contributed by atoms with van der Waals surface area (Å²) in [5.74, 6) is -0.311. The lowest BCUT2D eigenvalue weighted by Gasteiger charge is -2.25. The van der Waals surface area contributed by atoms with E-state index in [-0.39, 0.29) is 29.8 Å². The smallest absolute Gasteiger partial charge is 0.257 e. The van der Waals surface area contributed by atoms with E-state index in [0.717, 1.165) is 37.3 Å². The van der Waals surface area contributed by atoms with Crippen LogP contribution in [-0.4, -0.2) is 42.1 Å². The van der Waals surface area contributed by atoms with Crippen molar-refractivity contribution >= 4 is 44.8 Å². The van der Waals surface area contributed by atoms with E-state index in [1.54, 1.807) is 7.05 Å². The number of benzene rings is 3. The number of carbonyl (C=O) groups is 1. The molecule has 1 aliphatic rings. The third kappa shape index (κ3) is 6.48. The van der Waals surface area contributed by atoms with Crippen LogP contribution in [0, 0.1) is 0 Å². The Morgan fingerprint density at radius 1 is 0.974 bits per heavy atom. The number of hydrogen-bond acceptors (Lipinski definition) is 6. The topological polar surface area (TPSA) is 82.6 Å². The molecule has 0 atom stereocenters. The second-order valence-corrected chi connectivity index (χ2v) is 12.2. The van der Waals surface area contributed by atoms with Gasteiger partial charge in [-0.2, -0.15) is 4.31 Å². The van der Waals surface area contributed by atoms with E-state index in [2.05, 4.69) is 39.5 Å². The lowest BCUT2D eigenvalue weighted by molar-refractivity contribution is 0.102. The third-order valence-corrected chi connectivity index (χ3v) is 9.17. The minimum absolute atomic E-state index is 0. The average molecular weight is 569 g/mol. The van der Waals surface area contributed by atoms with Crippen LogP contribution in [0.4, 0.5) is 5.13 Å². The zero-order valence-corrected chi connectivity index (χ0v) is 23.4. The summed E-state index contributed by atoms with van der Waals surface area (Å²) < 4.78 is 27.3. The summed E-state index contributed by atoms with van der Waals surface area (Å²) in [4.78, 5) is 21.2. The molecule has 0 bridgehead atoms. The Labute approximate surface area is 233 Å². The van der Waals surface area contributed by atoms with Gasteiger partial charge in [-0.25, -0.2) is 13.4 Å². The van der Waals surface area contributed by atoms with E-state index in [1.807, 2.05) is 36.4 Å². The molecule has 3 aromatic carbocycles. The molecule has 38 heavy (non-hydrogen) atoms. The number of amides is 1. The Kier molecular flexibility index (Phi) is 8.96. The van der Waals surface area contributed by atoms with E-state index < -0.39 is 10.0 Å². The molecule has 1 N–H and O–H groups in total. The van der Waals surface area contributed by atoms with Crippen LogP contribution in [0.3, 0.4) is 0 Å². The molecule has 0 radical (unpaired) electrons. The quantitative estimate of drug-likeness (QED) is 0.316. The predicted octanol–water partition coefficient (Wildman–Crippen LogP) is 5.20. The zero-order chi connectivity index (χ0) is 25.8. The Balaban J connectivity index is 0.00000336. The standard InChI is InChI=1S/C28H28N4O3S2.ClH/c1-31(18-21-8-4-2-5-9-21)37(34,35)24-14-12-23(13-15-24)27(33)30-28-29-25-16-17-32(20-26(25)36-28)19-22-10-6-3-7-11-22;/h2-15H,16-20H2,1H3,(H,29,30,33);1H. The minimum atomic E-state index is -3.68. The number of carbonyl (C=O) groups excluding carboxylic acids is 1. The maximum Gasteiger partial charge on any atom is 0.257 e. The molecule has 2 heterocycles. The number of anilines is 1. The number of nitrogens with zero attached hydrogens (tertiary/aromatic N) is 3. The number of aromatic nitrogens is 1. The first-order valence-corrected chi connectivity index (χ1v) is 14.3. The fourth-order valence-corrected chi connectivity index (χ4v) is 6.54. The molecular weight excluding hydrogens is 540 g/mol. The molecule has 10 heteroatoms. The largest absolute Gasteiger partial charge is 0.298 e. The molecule has 0 fully saturated rings. The highest BCUT2D eigenvalue weighted by molar-refractivity contribution is 7.89. The highest BCUT2D eigenvalue weighted by atomic mass is 35.5. The Bertz CT molecular complexity index is 1480. The molecule has 5 rings (SSSR count). The second-order valence-electron chi connectivity index (χ2n) is 9.06. The number of thiazole rings is 1. The Hall–Kier alpha value is -3.08. The van der Waals surface area contributed by atoms with Crippen LogP contribution >= 0.6 is 23.7 Å². The maximum absolute atomic E-state index is 13.0. The molecule has 7 nitrogen and oxygen atoms in total. The van der Waals surface area contributed by atoms with Gasteiger partial charge in [-0.1, -0.05) is 60.7 Å². The molecule has 4 aromatic rings. The summed E-state index contributed by atoms with van der Waals surface area (Å²) >= 11 is 1.50. The average Bonchev–Trinajstić information content (AvgIpc) is 3.31. The van der Waals surface area contributed by atoms with Crippen molar-refractivity contribution in [2.24, 2.45) is 0 Å². The van der Waals surface area contributed by atoms with E-state index in [4.69, 9.17) is 0 Å². The first-order valence-electron chi connectivity index (χ1n) is 12.0. The lowest BCUT2D eigenvalue weighted by Crippen LogP contribution is -2.29. The monoisotopic (exact) mass is 568 g/mol. The number of halogens is 1. The van der Waals surface area contributed by atoms with E-state index in [0.29, 0.717) is 10.7 Å². The minimum Gasteiger partial charge on any atom is -0.298 e. The van der Waals surface area contributed by atoms with Gasteiger partial charge in [0.1, 0.15) is 0 Å². The van der Waals surface area contributed by atoms with Gasteiger partial charge in [-0.15, -0.1) is 23.7 Å². The summed E-state index contributed by atoms with van der Waals surface area (Å²) in [6.45, 7) is 2.88. The van der Waals surface area contributed by atoms with E-state index in [1.165, 1.54) is 50.3 Å². The van der Waals surface area contributed by atoms with Gasteiger partial charge in [0, 0.05) is 50.1 Å². The van der Waals surface area contributed by atoms with E-state index in [9.17, 15) is 13.2 Å². The first-order chi connectivity index (χ1) is 17.9. The van der Waals surface area contributed by atoms with E-state index >= 15 is 0 Å². The SMILES string of the molecule is CN(Cc1ccccc1)S(=O)(=O)c1ccc(C(=O)Nc2nc3c(s2)CN(Cc2ccccc2)CC3)cc1.Cl. The summed E-state index contributed by atoms with van der Waals surface area (Å²) in [6, 6.07) is 25.8. The number of nitrogens with one attached hydrogen (secondary N) is 1. The van der Waals surface area contributed by atoms with Crippen molar-refractivity contribution in [1.82, 2.24) is 14.2 Å². The number of fused-ring (bicyclic) bond motifs is 1. The molecule has 1 amide bonds. The number of hydrogen-bond donors (Lipinski definition) is 1. The molecule has 0 aliphatic carbocycles. The lowest BCUT2D eigenvalue weighted by atomic mass is 10.1. The van der Waals surface area contributed by atoms with Crippen molar-refractivity contribution in [3.05, 3.63) is 112 Å². The van der Waals surface area contributed by atoms with Gasteiger partial charge in [0.05, 0.1) is 10.6 Å². The van der Waals surface area contributed by atoms with Gasteiger partial charge in [0.25, 0.3) is 5.91 Å².